The average Bonchev–Trinajstić information content (AvgIpc) is 3.43. The molecule has 2 unspecified atom stereocenters. The number of rotatable bonds is 7. The zero-order chi connectivity index (χ0) is 30.3. The molecule has 43 heavy (non-hydrogen) atoms. The summed E-state index contributed by atoms with van der Waals surface area (Å²) in [6.45, 7) is 3.53. The maximum Gasteiger partial charge on any atom is 0.262 e. The summed E-state index contributed by atoms with van der Waals surface area (Å²) in [6, 6.07) is 18.2. The smallest absolute Gasteiger partial charge is 0.262 e. The molecular formula is C33H33N5O4S. The summed E-state index contributed by atoms with van der Waals surface area (Å²) < 4.78 is 6.57. The number of hydrogen-bond acceptors (Lipinski definition) is 8. The molecule has 4 atom stereocenters. The lowest BCUT2D eigenvalue weighted by Crippen LogP contribution is -2.54. The van der Waals surface area contributed by atoms with Gasteiger partial charge in [0.25, 0.3) is 5.91 Å². The highest BCUT2D eigenvalue weighted by Gasteiger charge is 2.49. The van der Waals surface area contributed by atoms with Crippen molar-refractivity contribution in [2.24, 2.45) is 11.5 Å². The highest BCUT2D eigenvalue weighted by molar-refractivity contribution is 7.21. The number of ether oxygens (including phenoxy) is 1. The molecule has 1 heterocycles. The zero-order valence-electron chi connectivity index (χ0n) is 23.5. The minimum Gasteiger partial charge on any atom is -0.457 e. The Balaban J connectivity index is 1.37. The molecule has 0 aliphatic heterocycles. The Morgan fingerprint density at radius 2 is 1.60 bits per heavy atom. The number of ketones is 1. The molecule has 2 aliphatic rings. The van der Waals surface area contributed by atoms with Crippen molar-refractivity contribution in [2.75, 3.05) is 5.73 Å². The molecule has 9 nitrogen and oxygen atoms in total. The van der Waals surface area contributed by atoms with Crippen LogP contribution in [0.3, 0.4) is 0 Å². The molecule has 1 aromatic heterocycles. The number of anilines is 1. The van der Waals surface area contributed by atoms with E-state index in [0.29, 0.717) is 55.3 Å². The number of benzene rings is 3. The van der Waals surface area contributed by atoms with Gasteiger partial charge in [0.1, 0.15) is 17.0 Å². The van der Waals surface area contributed by atoms with E-state index in [9.17, 15) is 14.4 Å². The third-order valence-corrected chi connectivity index (χ3v) is 9.66. The van der Waals surface area contributed by atoms with Gasteiger partial charge in [0.2, 0.25) is 5.91 Å². The number of Topliss-reactive ketones (excluding diaryl/α,β-unsaturated/α-hetero) is 1. The van der Waals surface area contributed by atoms with Crippen LogP contribution in [0.15, 0.2) is 79.4 Å². The quantitative estimate of drug-likeness (QED) is 0.156. The number of carbonyl (C=O) groups is 3. The normalized spacial score (nSPS) is 23.0. The third-order valence-electron chi connectivity index (χ3n) is 8.40. The first-order chi connectivity index (χ1) is 20.7. The topological polar surface area (TPSA) is 163 Å². The highest BCUT2D eigenvalue weighted by atomic mass is 32.1. The van der Waals surface area contributed by atoms with E-state index in [4.69, 9.17) is 21.9 Å². The van der Waals surface area contributed by atoms with E-state index in [2.05, 4.69) is 17.2 Å². The summed E-state index contributed by atoms with van der Waals surface area (Å²) in [5.41, 5.74) is 20.4. The van der Waals surface area contributed by atoms with Crippen molar-refractivity contribution in [1.29, 1.82) is 0 Å². The van der Waals surface area contributed by atoms with Gasteiger partial charge < -0.3 is 32.6 Å². The van der Waals surface area contributed by atoms with Crippen LogP contribution in [0.25, 0.3) is 10.1 Å². The van der Waals surface area contributed by atoms with E-state index < -0.39 is 17.4 Å². The Hall–Kier alpha value is -4.51. The van der Waals surface area contributed by atoms with Gasteiger partial charge in [-0.2, -0.15) is 0 Å². The molecule has 220 valence electrons. The van der Waals surface area contributed by atoms with E-state index in [-0.39, 0.29) is 23.9 Å². The van der Waals surface area contributed by atoms with Gasteiger partial charge in [-0.25, -0.2) is 0 Å². The van der Waals surface area contributed by atoms with Crippen molar-refractivity contribution in [2.45, 2.75) is 49.3 Å². The maximum atomic E-state index is 14.1. The SMILES string of the molecule is C=CC(=O)N[C@H]1CCCC[C@H]1NC(=O)c1sc2c(N)ccc3c2c1C(N)C(=O)C3(N)c1ccc(Oc2ccccc2)cc1. The van der Waals surface area contributed by atoms with Crippen molar-refractivity contribution in [3.05, 3.63) is 101 Å². The second-order valence-electron chi connectivity index (χ2n) is 11.0. The Labute approximate surface area is 253 Å². The first-order valence-corrected chi connectivity index (χ1v) is 15.1. The van der Waals surface area contributed by atoms with Crippen molar-refractivity contribution in [1.82, 2.24) is 10.6 Å². The third kappa shape index (κ3) is 4.97. The molecule has 6 rings (SSSR count). The van der Waals surface area contributed by atoms with E-state index in [1.807, 2.05) is 30.3 Å². The number of nitrogens with two attached hydrogens (primary N) is 3. The first-order valence-electron chi connectivity index (χ1n) is 14.2. The number of para-hydroxylation sites is 1. The number of amides is 2. The van der Waals surface area contributed by atoms with Crippen LogP contribution in [0, 0.1) is 0 Å². The van der Waals surface area contributed by atoms with Crippen molar-refractivity contribution in [3.63, 3.8) is 0 Å². The number of thiophene rings is 1. The largest absolute Gasteiger partial charge is 0.457 e. The molecule has 3 aromatic carbocycles. The first kappa shape index (κ1) is 28.6. The van der Waals surface area contributed by atoms with Gasteiger partial charge >= 0.3 is 0 Å². The van der Waals surface area contributed by atoms with Crippen LogP contribution in [-0.2, 0) is 15.1 Å². The van der Waals surface area contributed by atoms with Crippen LogP contribution < -0.4 is 32.6 Å². The molecule has 0 bridgehead atoms. The Morgan fingerprint density at radius 1 is 0.953 bits per heavy atom. The van der Waals surface area contributed by atoms with Crippen LogP contribution >= 0.6 is 11.3 Å². The molecular weight excluding hydrogens is 562 g/mol. The fraction of sp³-hybridized carbons (Fsp3) is 0.242. The molecule has 4 aromatic rings. The minimum atomic E-state index is -1.57. The van der Waals surface area contributed by atoms with Gasteiger partial charge in [-0.3, -0.25) is 14.4 Å². The van der Waals surface area contributed by atoms with Crippen LogP contribution in [0.1, 0.15) is 58.1 Å². The monoisotopic (exact) mass is 595 g/mol. The Bertz CT molecular complexity index is 1740. The maximum absolute atomic E-state index is 14.1. The van der Waals surface area contributed by atoms with Crippen LogP contribution in [0.2, 0.25) is 0 Å². The number of hydrogen-bond donors (Lipinski definition) is 5. The van der Waals surface area contributed by atoms with Gasteiger partial charge in [0, 0.05) is 28.7 Å². The summed E-state index contributed by atoms with van der Waals surface area (Å²) >= 11 is 1.20. The summed E-state index contributed by atoms with van der Waals surface area (Å²) in [5.74, 6) is 0.205. The number of nitrogen functional groups attached to an aromatic ring is 1. The van der Waals surface area contributed by atoms with E-state index in [1.54, 1.807) is 36.4 Å². The van der Waals surface area contributed by atoms with Gasteiger partial charge in [-0.15, -0.1) is 11.3 Å². The molecule has 0 radical (unpaired) electrons. The minimum absolute atomic E-state index is 0.226. The zero-order valence-corrected chi connectivity index (χ0v) is 24.3. The van der Waals surface area contributed by atoms with E-state index in [0.717, 1.165) is 19.3 Å². The molecule has 0 spiro atoms. The summed E-state index contributed by atoms with van der Waals surface area (Å²) in [6.07, 6.45) is 4.54. The standard InChI is InChI=1S/C33H33N5O4S/c1-2-25(39)37-23-10-6-7-11-24(23)38-32(41)30-27-26-21(16-17-22(34)29(26)43-30)33(36,31(40)28(27)35)18-12-14-20(15-13-18)42-19-8-4-3-5-9-19/h2-5,8-9,12-17,23-24,28H,1,6-7,10-11,34-36H2,(H,37,39)(H,38,41)/t23-,24+,28?,33?/m0/s1. The van der Waals surface area contributed by atoms with Crippen LogP contribution in [-0.4, -0.2) is 29.7 Å². The molecule has 0 saturated heterocycles. The molecule has 1 fully saturated rings. The van der Waals surface area contributed by atoms with Crippen molar-refractivity contribution < 1.29 is 19.1 Å². The fourth-order valence-electron chi connectivity index (χ4n) is 6.21. The molecule has 8 N–H and O–H groups in total. The fourth-order valence-corrected chi connectivity index (χ4v) is 7.41. The second kappa shape index (κ2) is 11.3. The van der Waals surface area contributed by atoms with Crippen LogP contribution in [0.5, 0.6) is 11.5 Å². The number of nitrogens with one attached hydrogen (secondary N) is 2. The summed E-state index contributed by atoms with van der Waals surface area (Å²) in [7, 11) is 0. The lowest BCUT2D eigenvalue weighted by Gasteiger charge is -2.37. The predicted molar refractivity (Wildman–Crippen MR) is 168 cm³/mol. The Morgan fingerprint density at radius 3 is 2.28 bits per heavy atom. The van der Waals surface area contributed by atoms with Crippen LogP contribution in [0.4, 0.5) is 5.69 Å². The van der Waals surface area contributed by atoms with E-state index >= 15 is 0 Å². The van der Waals surface area contributed by atoms with Gasteiger partial charge in [-0.1, -0.05) is 55.8 Å². The number of carbonyl (C=O) groups excluding carboxylic acids is 3. The molecule has 2 amide bonds. The average molecular weight is 596 g/mol. The lowest BCUT2D eigenvalue weighted by molar-refractivity contribution is -0.124. The Kier molecular flexibility index (Phi) is 7.51. The van der Waals surface area contributed by atoms with E-state index in [1.165, 1.54) is 17.4 Å². The predicted octanol–water partition coefficient (Wildman–Crippen LogP) is 4.40. The van der Waals surface area contributed by atoms with Gasteiger partial charge in [-0.05, 0) is 60.4 Å². The molecule has 1 saturated carbocycles. The second-order valence-corrected chi connectivity index (χ2v) is 12.0. The molecule has 10 heteroatoms. The van der Waals surface area contributed by atoms with Gasteiger partial charge in [0.15, 0.2) is 5.78 Å². The lowest BCUT2D eigenvalue weighted by atomic mass is 9.70. The van der Waals surface area contributed by atoms with Crippen molar-refractivity contribution in [3.8, 4) is 11.5 Å². The van der Waals surface area contributed by atoms with Crippen molar-refractivity contribution >= 4 is 44.7 Å². The van der Waals surface area contributed by atoms with Gasteiger partial charge in [0.05, 0.1) is 15.6 Å². The summed E-state index contributed by atoms with van der Waals surface area (Å²) in [4.78, 5) is 40.2. The highest BCUT2D eigenvalue weighted by Crippen LogP contribution is 2.49. The molecule has 2 aliphatic carbocycles. The summed E-state index contributed by atoms with van der Waals surface area (Å²) in [5, 5.41) is 6.66.